The Kier molecular flexibility index (Phi) is 11.1. The second kappa shape index (κ2) is 15.9. The molecule has 0 radical (unpaired) electrons. The van der Waals surface area contributed by atoms with E-state index in [4.69, 9.17) is 18.9 Å². The molecule has 7 rings (SSSR count). The van der Waals surface area contributed by atoms with Crippen LogP contribution in [-0.2, 0) is 45.0 Å². The van der Waals surface area contributed by atoms with Crippen LogP contribution in [0.25, 0.3) is 0 Å². The van der Waals surface area contributed by atoms with E-state index in [1.54, 1.807) is 21.9 Å². The van der Waals surface area contributed by atoms with E-state index in [-0.39, 0.29) is 78.8 Å². The Balaban J connectivity index is 0.000000198. The Morgan fingerprint density at radius 3 is 1.85 bits per heavy atom. The summed E-state index contributed by atoms with van der Waals surface area (Å²) in [6.45, 7) is 1.48. The molecule has 4 aliphatic heterocycles. The molecular formula is C40H44N2O10. The second-order valence-electron chi connectivity index (χ2n) is 13.5. The molecule has 0 bridgehead atoms. The van der Waals surface area contributed by atoms with Gasteiger partial charge in [-0.1, -0.05) is 24.3 Å². The third kappa shape index (κ3) is 7.61. The number of esters is 1. The molecule has 3 aromatic rings. The van der Waals surface area contributed by atoms with Crippen LogP contribution in [0.4, 0.5) is 0 Å². The van der Waals surface area contributed by atoms with Crippen LogP contribution >= 0.6 is 0 Å². The molecule has 274 valence electrons. The average Bonchev–Trinajstić information content (AvgIpc) is 3.33. The van der Waals surface area contributed by atoms with E-state index in [0.717, 1.165) is 49.7 Å². The van der Waals surface area contributed by atoms with Crippen molar-refractivity contribution in [2.24, 2.45) is 0 Å². The van der Waals surface area contributed by atoms with E-state index in [1.165, 1.54) is 33.5 Å². The van der Waals surface area contributed by atoms with Crippen molar-refractivity contribution < 1.29 is 48.0 Å². The van der Waals surface area contributed by atoms with Crippen LogP contribution in [0.2, 0.25) is 0 Å². The summed E-state index contributed by atoms with van der Waals surface area (Å²) in [7, 11) is 4.33. The molecule has 2 fully saturated rings. The Morgan fingerprint density at radius 2 is 1.27 bits per heavy atom. The normalized spacial score (nSPS) is 19.4. The first-order valence-corrected chi connectivity index (χ1v) is 17.7. The van der Waals surface area contributed by atoms with E-state index in [0.29, 0.717) is 46.8 Å². The van der Waals surface area contributed by atoms with Crippen molar-refractivity contribution in [3.8, 4) is 23.0 Å². The minimum Gasteiger partial charge on any atom is -0.504 e. The van der Waals surface area contributed by atoms with Crippen molar-refractivity contribution in [1.82, 2.24) is 9.80 Å². The zero-order chi connectivity index (χ0) is 36.9. The Morgan fingerprint density at radius 1 is 0.712 bits per heavy atom. The molecular weight excluding hydrogens is 668 g/mol. The van der Waals surface area contributed by atoms with Crippen LogP contribution in [0.3, 0.4) is 0 Å². The van der Waals surface area contributed by atoms with Crippen molar-refractivity contribution in [3.05, 3.63) is 81.9 Å². The van der Waals surface area contributed by atoms with Gasteiger partial charge in [-0.15, -0.1) is 0 Å². The minimum absolute atomic E-state index is 0.0354. The molecule has 1 N–H and O–H groups in total. The SMILES string of the molecule is COC(=O)Cc1cccc(COc2cc3c(cc2OC)C(=O)N2CCCC[C@H]2C(=O)C3)c1.COc1cc2c(cc1O)CC(=O)[C@@H]1CCCCN1C2=O. The molecule has 12 heteroatoms. The van der Waals surface area contributed by atoms with E-state index in [2.05, 4.69) is 0 Å². The molecule has 4 heterocycles. The summed E-state index contributed by atoms with van der Waals surface area (Å²) < 4.78 is 21.3. The summed E-state index contributed by atoms with van der Waals surface area (Å²) in [5.41, 5.74) is 3.95. The fourth-order valence-electron chi connectivity index (χ4n) is 7.51. The highest BCUT2D eigenvalue weighted by molar-refractivity contribution is 6.04. The largest absolute Gasteiger partial charge is 0.504 e. The molecule has 0 aliphatic carbocycles. The fourth-order valence-corrected chi connectivity index (χ4v) is 7.51. The van der Waals surface area contributed by atoms with Gasteiger partial charge in [0.15, 0.2) is 34.6 Å². The zero-order valence-electron chi connectivity index (χ0n) is 29.8. The number of ether oxygens (including phenoxy) is 4. The van der Waals surface area contributed by atoms with Gasteiger partial charge in [0.1, 0.15) is 6.61 Å². The lowest BCUT2D eigenvalue weighted by atomic mass is 9.96. The number of hydrogen-bond acceptors (Lipinski definition) is 10. The molecule has 2 saturated heterocycles. The molecule has 0 aromatic heterocycles. The van der Waals surface area contributed by atoms with Gasteiger partial charge in [0.05, 0.1) is 39.8 Å². The number of phenols is 1. The number of fused-ring (bicyclic) bond motifs is 4. The van der Waals surface area contributed by atoms with E-state index in [1.807, 2.05) is 24.3 Å². The number of hydrogen-bond donors (Lipinski definition) is 1. The number of phenolic OH excluding ortho intramolecular Hbond substituents is 1. The van der Waals surface area contributed by atoms with Crippen LogP contribution in [0.1, 0.15) is 81.5 Å². The number of aromatic hydroxyl groups is 1. The average molecular weight is 713 g/mol. The van der Waals surface area contributed by atoms with Gasteiger partial charge in [0.2, 0.25) is 0 Å². The van der Waals surface area contributed by atoms with Gasteiger partial charge in [0, 0.05) is 37.1 Å². The lowest BCUT2D eigenvalue weighted by Gasteiger charge is -2.33. The quantitative estimate of drug-likeness (QED) is 0.344. The third-order valence-electron chi connectivity index (χ3n) is 10.2. The summed E-state index contributed by atoms with van der Waals surface area (Å²) in [4.78, 5) is 65.9. The number of carbonyl (C=O) groups excluding carboxylic acids is 5. The molecule has 0 unspecified atom stereocenters. The molecule has 2 amide bonds. The van der Waals surface area contributed by atoms with Crippen molar-refractivity contribution in [1.29, 1.82) is 0 Å². The number of ketones is 2. The van der Waals surface area contributed by atoms with Gasteiger partial charge < -0.3 is 33.9 Å². The summed E-state index contributed by atoms with van der Waals surface area (Å²) in [6.07, 6.45) is 5.83. The molecule has 52 heavy (non-hydrogen) atoms. The third-order valence-corrected chi connectivity index (χ3v) is 10.2. The number of benzene rings is 3. The number of amides is 2. The zero-order valence-corrected chi connectivity index (χ0v) is 29.8. The summed E-state index contributed by atoms with van der Waals surface area (Å²) in [5.74, 6) is 0.734. The minimum atomic E-state index is -0.337. The van der Waals surface area contributed by atoms with Gasteiger partial charge in [-0.2, -0.15) is 0 Å². The molecule has 3 aromatic carbocycles. The van der Waals surface area contributed by atoms with Gasteiger partial charge in [-0.05, 0) is 85.0 Å². The monoisotopic (exact) mass is 712 g/mol. The van der Waals surface area contributed by atoms with Gasteiger partial charge in [0.25, 0.3) is 11.8 Å². The topological polar surface area (TPSA) is 149 Å². The highest BCUT2D eigenvalue weighted by Crippen LogP contribution is 2.37. The number of carbonyl (C=O) groups is 5. The van der Waals surface area contributed by atoms with Gasteiger partial charge in [-0.3, -0.25) is 24.0 Å². The van der Waals surface area contributed by atoms with Crippen LogP contribution in [0.15, 0.2) is 48.5 Å². The Hall–Kier alpha value is -5.39. The smallest absolute Gasteiger partial charge is 0.309 e. The van der Waals surface area contributed by atoms with Crippen molar-refractivity contribution >= 4 is 29.4 Å². The highest BCUT2D eigenvalue weighted by atomic mass is 16.5. The van der Waals surface area contributed by atoms with Crippen molar-refractivity contribution in [2.45, 2.75) is 76.5 Å². The number of methoxy groups -OCH3 is 3. The van der Waals surface area contributed by atoms with Crippen LogP contribution in [-0.4, -0.2) is 90.8 Å². The number of Topliss-reactive ketones (excluding diaryl/α,β-unsaturated/α-hetero) is 2. The maximum absolute atomic E-state index is 13.2. The standard InChI is InChI=1S/C25H27NO6.C15H17NO4/c1-30-22-14-19-18(12-21(27)20-8-3-4-9-26(20)25(19)29)13-23(22)32-15-17-7-5-6-16(10-17)11-24(28)31-2;1-20-14-8-10-9(7-13(14)18)6-12(17)11-4-2-3-5-16(11)15(10)19/h5-7,10,13-14,20H,3-4,8-9,11-12,15H2,1-2H3;7-8,11,18H,2-6H2,1H3/t20-;11-/m00/s1. The number of nitrogens with zero attached hydrogens (tertiary/aromatic N) is 2. The van der Waals surface area contributed by atoms with Crippen molar-refractivity contribution in [2.75, 3.05) is 34.4 Å². The molecule has 0 saturated carbocycles. The highest BCUT2D eigenvalue weighted by Gasteiger charge is 2.38. The maximum atomic E-state index is 13.2. The first-order valence-electron chi connectivity index (χ1n) is 17.7. The lowest BCUT2D eigenvalue weighted by Crippen LogP contribution is -2.46. The first kappa shape index (κ1) is 36.4. The fraction of sp³-hybridized carbons (Fsp3) is 0.425. The van der Waals surface area contributed by atoms with Crippen LogP contribution in [0.5, 0.6) is 23.0 Å². The van der Waals surface area contributed by atoms with E-state index >= 15 is 0 Å². The van der Waals surface area contributed by atoms with E-state index < -0.39 is 0 Å². The van der Waals surface area contributed by atoms with E-state index in [9.17, 15) is 29.1 Å². The Labute approximate surface area is 302 Å². The lowest BCUT2D eigenvalue weighted by molar-refractivity contribution is -0.139. The molecule has 12 nitrogen and oxygen atoms in total. The number of piperidine rings is 2. The van der Waals surface area contributed by atoms with Gasteiger partial charge in [-0.25, -0.2) is 0 Å². The summed E-state index contributed by atoms with van der Waals surface area (Å²) in [5, 5.41) is 9.83. The first-order chi connectivity index (χ1) is 25.1. The van der Waals surface area contributed by atoms with Crippen LogP contribution < -0.4 is 14.2 Å². The van der Waals surface area contributed by atoms with Gasteiger partial charge >= 0.3 is 5.97 Å². The van der Waals surface area contributed by atoms with Crippen molar-refractivity contribution in [3.63, 3.8) is 0 Å². The molecule has 4 aliphatic rings. The summed E-state index contributed by atoms with van der Waals surface area (Å²) >= 11 is 0. The predicted octanol–water partition coefficient (Wildman–Crippen LogP) is 4.63. The number of rotatable bonds is 7. The second-order valence-corrected chi connectivity index (χ2v) is 13.5. The molecule has 2 atom stereocenters. The predicted molar refractivity (Wildman–Crippen MR) is 189 cm³/mol. The Bertz CT molecular complexity index is 1890. The maximum Gasteiger partial charge on any atom is 0.309 e. The summed E-state index contributed by atoms with van der Waals surface area (Å²) in [6, 6.07) is 13.3. The van der Waals surface area contributed by atoms with Crippen LogP contribution in [0, 0.1) is 0 Å². The molecule has 0 spiro atoms.